The molecule has 110 valence electrons. The molecule has 21 heavy (non-hydrogen) atoms. The fourth-order valence-corrected chi connectivity index (χ4v) is 3.54. The van der Waals surface area contributed by atoms with E-state index in [0.29, 0.717) is 23.4 Å². The van der Waals surface area contributed by atoms with Gasteiger partial charge in [0.25, 0.3) is 0 Å². The Hall–Kier alpha value is -2.20. The van der Waals surface area contributed by atoms with Crippen molar-refractivity contribution in [2.75, 3.05) is 11.1 Å². The molecule has 1 aromatic carbocycles. The molecule has 1 aliphatic heterocycles. The van der Waals surface area contributed by atoms with Crippen LogP contribution in [0.5, 0.6) is 0 Å². The molecule has 0 radical (unpaired) electrons. The first kappa shape index (κ1) is 15.2. The molecule has 6 nitrogen and oxygen atoms in total. The summed E-state index contributed by atoms with van der Waals surface area (Å²) in [6.45, 7) is 1.92. The van der Waals surface area contributed by atoms with Gasteiger partial charge in [0, 0.05) is 11.4 Å². The number of nitrogens with zero attached hydrogens (tertiary/aromatic N) is 2. The van der Waals surface area contributed by atoms with Crippen molar-refractivity contribution in [2.45, 2.75) is 24.8 Å². The van der Waals surface area contributed by atoms with Crippen LogP contribution < -0.4 is 5.32 Å². The molecule has 2 unspecified atom stereocenters. The summed E-state index contributed by atoms with van der Waals surface area (Å²) in [5.41, 5.74) is 0.917. The van der Waals surface area contributed by atoms with Gasteiger partial charge in [-0.05, 0) is 24.6 Å². The first-order chi connectivity index (χ1) is 10.1. The highest BCUT2D eigenvalue weighted by Gasteiger charge is 2.40. The number of carboxylic acids is 1. The molecule has 1 fully saturated rings. The van der Waals surface area contributed by atoms with Crippen molar-refractivity contribution in [2.24, 2.45) is 0 Å². The molecule has 2 rings (SSSR count). The molecule has 1 heterocycles. The van der Waals surface area contributed by atoms with E-state index in [1.165, 1.54) is 16.7 Å². The van der Waals surface area contributed by atoms with Crippen LogP contribution in [0.2, 0.25) is 0 Å². The summed E-state index contributed by atoms with van der Waals surface area (Å²) in [7, 11) is 0. The second-order valence-corrected chi connectivity index (χ2v) is 5.79. The second-order valence-electron chi connectivity index (χ2n) is 4.58. The number of nitriles is 1. The lowest BCUT2D eigenvalue weighted by atomic mass is 10.2. The van der Waals surface area contributed by atoms with E-state index in [9.17, 15) is 14.7 Å². The molecular weight excluding hydrogens is 290 g/mol. The Morgan fingerprint density at radius 2 is 2.33 bits per heavy atom. The molecule has 2 atom stereocenters. The van der Waals surface area contributed by atoms with Gasteiger partial charge in [0.1, 0.15) is 6.04 Å². The van der Waals surface area contributed by atoms with Gasteiger partial charge in [-0.15, -0.1) is 11.8 Å². The summed E-state index contributed by atoms with van der Waals surface area (Å²) >= 11 is 1.47. The van der Waals surface area contributed by atoms with E-state index in [1.807, 2.05) is 13.0 Å². The van der Waals surface area contributed by atoms with E-state index in [0.717, 1.165) is 0 Å². The Morgan fingerprint density at radius 3 is 2.95 bits per heavy atom. The van der Waals surface area contributed by atoms with Gasteiger partial charge in [-0.1, -0.05) is 13.0 Å². The zero-order chi connectivity index (χ0) is 15.4. The number of rotatable bonds is 3. The lowest BCUT2D eigenvalue weighted by Crippen LogP contribution is -2.47. The predicted molar refractivity (Wildman–Crippen MR) is 80.0 cm³/mol. The zero-order valence-corrected chi connectivity index (χ0v) is 12.3. The van der Waals surface area contributed by atoms with Crippen LogP contribution in [-0.2, 0) is 4.79 Å². The minimum atomic E-state index is -1.00. The highest BCUT2D eigenvalue weighted by atomic mass is 32.2. The molecule has 0 bridgehead atoms. The first-order valence-electron chi connectivity index (χ1n) is 6.50. The molecule has 1 saturated heterocycles. The van der Waals surface area contributed by atoms with Gasteiger partial charge >= 0.3 is 12.0 Å². The summed E-state index contributed by atoms with van der Waals surface area (Å²) in [5, 5.41) is 20.6. The molecule has 1 aromatic rings. The van der Waals surface area contributed by atoms with Crippen LogP contribution in [0.25, 0.3) is 0 Å². The van der Waals surface area contributed by atoms with Gasteiger partial charge in [0.15, 0.2) is 0 Å². The molecule has 0 aliphatic carbocycles. The average Bonchev–Trinajstić information content (AvgIpc) is 2.91. The van der Waals surface area contributed by atoms with Gasteiger partial charge in [0.05, 0.1) is 17.0 Å². The number of carbonyl (C=O) groups excluding carboxylic acids is 1. The molecule has 0 spiro atoms. The summed E-state index contributed by atoms with van der Waals surface area (Å²) in [5.74, 6) is -0.612. The average molecular weight is 305 g/mol. The topological polar surface area (TPSA) is 93.4 Å². The summed E-state index contributed by atoms with van der Waals surface area (Å²) in [6.07, 6.45) is 0.681. The van der Waals surface area contributed by atoms with E-state index in [1.54, 1.807) is 24.3 Å². The molecule has 1 aliphatic rings. The quantitative estimate of drug-likeness (QED) is 0.894. The number of carboxylic acid groups (broad SMARTS) is 1. The second kappa shape index (κ2) is 6.50. The minimum absolute atomic E-state index is 0.148. The molecule has 0 saturated carbocycles. The van der Waals surface area contributed by atoms with Crippen LogP contribution in [0.15, 0.2) is 24.3 Å². The van der Waals surface area contributed by atoms with Crippen molar-refractivity contribution in [1.29, 1.82) is 5.26 Å². The summed E-state index contributed by atoms with van der Waals surface area (Å²) in [4.78, 5) is 25.0. The minimum Gasteiger partial charge on any atom is -0.480 e. The van der Waals surface area contributed by atoms with E-state index in [2.05, 4.69) is 5.32 Å². The first-order valence-corrected chi connectivity index (χ1v) is 7.55. The van der Waals surface area contributed by atoms with Gasteiger partial charge in [-0.3, -0.25) is 4.90 Å². The lowest BCUT2D eigenvalue weighted by molar-refractivity contribution is -0.141. The summed E-state index contributed by atoms with van der Waals surface area (Å²) in [6, 6.07) is 7.24. The lowest BCUT2D eigenvalue weighted by Gasteiger charge is -2.26. The third kappa shape index (κ3) is 3.28. The number of anilines is 1. The number of benzene rings is 1. The number of hydrogen-bond donors (Lipinski definition) is 2. The SMILES string of the molecule is CCC1SCC(C(=O)O)N1C(=O)Nc1cccc(C#N)c1. The highest BCUT2D eigenvalue weighted by Crippen LogP contribution is 2.31. The third-order valence-corrected chi connectivity index (χ3v) is 4.66. The van der Waals surface area contributed by atoms with Crippen molar-refractivity contribution in [3.8, 4) is 6.07 Å². The van der Waals surface area contributed by atoms with Gasteiger partial charge in [-0.25, -0.2) is 9.59 Å². The standard InChI is InChI=1S/C14H15N3O3S/c1-2-12-17(11(8-21-12)13(18)19)14(20)16-10-5-3-4-9(6-10)7-15/h3-6,11-12H,2,8H2,1H3,(H,16,20)(H,18,19). The number of urea groups is 1. The van der Waals surface area contributed by atoms with Crippen LogP contribution in [0, 0.1) is 11.3 Å². The number of amides is 2. The van der Waals surface area contributed by atoms with Crippen molar-refractivity contribution in [3.05, 3.63) is 29.8 Å². The largest absolute Gasteiger partial charge is 0.480 e. The number of nitrogens with one attached hydrogen (secondary N) is 1. The van der Waals surface area contributed by atoms with Crippen molar-refractivity contribution < 1.29 is 14.7 Å². The maximum atomic E-state index is 12.4. The van der Waals surface area contributed by atoms with Crippen LogP contribution in [0.3, 0.4) is 0 Å². The van der Waals surface area contributed by atoms with E-state index >= 15 is 0 Å². The van der Waals surface area contributed by atoms with Gasteiger partial charge in [0.2, 0.25) is 0 Å². The van der Waals surface area contributed by atoms with Crippen LogP contribution in [-0.4, -0.2) is 39.2 Å². The monoisotopic (exact) mass is 305 g/mol. The third-order valence-electron chi connectivity index (χ3n) is 3.20. The smallest absolute Gasteiger partial charge is 0.327 e. The molecule has 2 N–H and O–H groups in total. The molecule has 2 amide bonds. The number of carbonyl (C=O) groups is 2. The van der Waals surface area contributed by atoms with Crippen LogP contribution >= 0.6 is 11.8 Å². The van der Waals surface area contributed by atoms with E-state index in [4.69, 9.17) is 5.26 Å². The Morgan fingerprint density at radius 1 is 1.57 bits per heavy atom. The number of aliphatic carboxylic acids is 1. The summed E-state index contributed by atoms with van der Waals surface area (Å²) < 4.78 is 0. The van der Waals surface area contributed by atoms with Gasteiger partial charge in [-0.2, -0.15) is 5.26 Å². The van der Waals surface area contributed by atoms with Crippen LogP contribution in [0.4, 0.5) is 10.5 Å². The number of thioether (sulfide) groups is 1. The van der Waals surface area contributed by atoms with E-state index in [-0.39, 0.29) is 5.37 Å². The predicted octanol–water partition coefficient (Wildman–Crippen LogP) is 2.33. The Bertz CT molecular complexity index is 599. The maximum absolute atomic E-state index is 12.4. The van der Waals surface area contributed by atoms with Crippen molar-refractivity contribution in [1.82, 2.24) is 4.90 Å². The van der Waals surface area contributed by atoms with E-state index < -0.39 is 18.0 Å². The fraction of sp³-hybridized carbons (Fsp3) is 0.357. The zero-order valence-electron chi connectivity index (χ0n) is 11.4. The Kier molecular flexibility index (Phi) is 4.70. The number of hydrogen-bond acceptors (Lipinski definition) is 4. The molecule has 0 aromatic heterocycles. The fourth-order valence-electron chi connectivity index (χ4n) is 2.20. The van der Waals surface area contributed by atoms with Gasteiger partial charge < -0.3 is 10.4 Å². The maximum Gasteiger partial charge on any atom is 0.327 e. The van der Waals surface area contributed by atoms with Crippen LogP contribution in [0.1, 0.15) is 18.9 Å². The highest BCUT2D eigenvalue weighted by molar-refractivity contribution is 8.00. The Balaban J connectivity index is 2.17. The Labute approximate surface area is 126 Å². The normalized spacial score (nSPS) is 20.9. The molecular formula is C14H15N3O3S. The van der Waals surface area contributed by atoms with Crippen molar-refractivity contribution in [3.63, 3.8) is 0 Å². The molecule has 7 heteroatoms. The van der Waals surface area contributed by atoms with Crippen molar-refractivity contribution >= 4 is 29.4 Å².